The van der Waals surface area contributed by atoms with E-state index in [1.54, 1.807) is 30.3 Å². The highest BCUT2D eigenvalue weighted by Crippen LogP contribution is 2.29. The summed E-state index contributed by atoms with van der Waals surface area (Å²) < 4.78 is 27.8. The summed E-state index contributed by atoms with van der Waals surface area (Å²) in [5, 5.41) is 0.313. The zero-order valence-corrected chi connectivity index (χ0v) is 20.3. The van der Waals surface area contributed by atoms with Crippen LogP contribution in [0.25, 0.3) is 17.0 Å². The molecule has 7 nitrogen and oxygen atoms in total. The summed E-state index contributed by atoms with van der Waals surface area (Å²) in [5.41, 5.74) is 1.79. The fourth-order valence-corrected chi connectivity index (χ4v) is 3.44. The van der Waals surface area contributed by atoms with Gasteiger partial charge in [0.2, 0.25) is 11.2 Å². The monoisotopic (exact) mass is 486 g/mol. The summed E-state index contributed by atoms with van der Waals surface area (Å²) in [7, 11) is 0. The highest BCUT2D eigenvalue weighted by molar-refractivity contribution is 5.89. The molecule has 4 aromatic rings. The second kappa shape index (κ2) is 11.3. The third-order valence-electron chi connectivity index (χ3n) is 5.16. The Balaban J connectivity index is 1.46. The highest BCUT2D eigenvalue weighted by Gasteiger charge is 2.12. The van der Waals surface area contributed by atoms with Gasteiger partial charge in [-0.2, -0.15) is 0 Å². The van der Waals surface area contributed by atoms with Crippen molar-refractivity contribution in [3.63, 3.8) is 0 Å². The van der Waals surface area contributed by atoms with Crippen LogP contribution in [0.5, 0.6) is 28.7 Å². The molecule has 7 heteroatoms. The fraction of sp³-hybridized carbons (Fsp3) is 0.172. The summed E-state index contributed by atoms with van der Waals surface area (Å²) in [5.74, 6) is 1.51. The molecule has 36 heavy (non-hydrogen) atoms. The summed E-state index contributed by atoms with van der Waals surface area (Å²) in [6.07, 6.45) is 4.18. The van der Waals surface area contributed by atoms with Gasteiger partial charge in [0.1, 0.15) is 23.3 Å². The van der Waals surface area contributed by atoms with Crippen molar-refractivity contribution < 1.29 is 28.2 Å². The average Bonchev–Trinajstić information content (AvgIpc) is 2.87. The van der Waals surface area contributed by atoms with Crippen LogP contribution in [-0.4, -0.2) is 19.2 Å². The molecule has 0 unspecified atom stereocenters. The quantitative estimate of drug-likeness (QED) is 0.156. The highest BCUT2D eigenvalue weighted by atomic mass is 16.5. The van der Waals surface area contributed by atoms with Gasteiger partial charge in [0.15, 0.2) is 11.5 Å². The first kappa shape index (κ1) is 24.6. The van der Waals surface area contributed by atoms with E-state index >= 15 is 0 Å². The molecule has 4 rings (SSSR count). The van der Waals surface area contributed by atoms with Gasteiger partial charge in [-0.1, -0.05) is 23.8 Å². The van der Waals surface area contributed by atoms with Gasteiger partial charge in [0.25, 0.3) is 0 Å². The molecule has 0 saturated heterocycles. The third-order valence-corrected chi connectivity index (χ3v) is 5.16. The van der Waals surface area contributed by atoms with Crippen molar-refractivity contribution in [3.05, 3.63) is 94.4 Å². The summed E-state index contributed by atoms with van der Waals surface area (Å²) in [4.78, 5) is 25.2. The summed E-state index contributed by atoms with van der Waals surface area (Å²) >= 11 is 0. The van der Waals surface area contributed by atoms with E-state index in [1.165, 1.54) is 30.5 Å². The molecule has 1 heterocycles. The Morgan fingerprint density at radius 1 is 0.861 bits per heavy atom. The summed E-state index contributed by atoms with van der Waals surface area (Å²) in [6.45, 7) is 6.77. The Hall–Kier alpha value is -4.52. The molecule has 0 aliphatic rings. The molecule has 0 N–H and O–H groups in total. The molecular formula is C29H26O7. The Labute approximate surface area is 208 Å². The minimum Gasteiger partial charge on any atom is -0.490 e. The Morgan fingerprint density at radius 3 is 2.33 bits per heavy atom. The van der Waals surface area contributed by atoms with Crippen molar-refractivity contribution in [1.82, 2.24) is 0 Å². The number of carbonyl (C=O) groups is 1. The molecular weight excluding hydrogens is 460 g/mol. The van der Waals surface area contributed by atoms with Gasteiger partial charge in [-0.3, -0.25) is 4.79 Å². The lowest BCUT2D eigenvalue weighted by Gasteiger charge is -2.11. The number of hydrogen-bond acceptors (Lipinski definition) is 7. The molecule has 3 aromatic carbocycles. The first-order chi connectivity index (χ1) is 17.5. The lowest BCUT2D eigenvalue weighted by atomic mass is 10.2. The smallest absolute Gasteiger partial charge is 0.336 e. The Kier molecular flexibility index (Phi) is 7.70. The zero-order chi connectivity index (χ0) is 25.5. The van der Waals surface area contributed by atoms with E-state index in [9.17, 15) is 9.59 Å². The predicted molar refractivity (Wildman–Crippen MR) is 137 cm³/mol. The van der Waals surface area contributed by atoms with Crippen LogP contribution in [0.1, 0.15) is 25.0 Å². The number of ether oxygens (including phenoxy) is 4. The molecule has 0 atom stereocenters. The van der Waals surface area contributed by atoms with Crippen LogP contribution >= 0.6 is 0 Å². The predicted octanol–water partition coefficient (Wildman–Crippen LogP) is 6.31. The number of fused-ring (bicyclic) bond motifs is 1. The average molecular weight is 487 g/mol. The van der Waals surface area contributed by atoms with Crippen LogP contribution in [0.2, 0.25) is 0 Å². The Bertz CT molecular complexity index is 1450. The van der Waals surface area contributed by atoms with Gasteiger partial charge in [-0.15, -0.1) is 0 Å². The SMILES string of the molecule is CCOc1ccc(/C=C/C(=O)Oc2ccc3c(=O)c(Oc4ccc(C)cc4)coc3c2)cc1OCC. The molecule has 0 fully saturated rings. The topological polar surface area (TPSA) is 84.2 Å². The number of esters is 1. The molecule has 184 valence electrons. The van der Waals surface area contributed by atoms with Crippen LogP contribution in [0.15, 0.2) is 82.2 Å². The third kappa shape index (κ3) is 5.93. The largest absolute Gasteiger partial charge is 0.490 e. The molecule has 0 amide bonds. The van der Waals surface area contributed by atoms with Crippen molar-refractivity contribution in [2.24, 2.45) is 0 Å². The number of benzene rings is 3. The second-order valence-corrected chi connectivity index (χ2v) is 7.83. The van der Waals surface area contributed by atoms with Crippen molar-refractivity contribution in [1.29, 1.82) is 0 Å². The Morgan fingerprint density at radius 2 is 1.58 bits per heavy atom. The van der Waals surface area contributed by atoms with Crippen molar-refractivity contribution >= 4 is 23.0 Å². The van der Waals surface area contributed by atoms with E-state index in [0.29, 0.717) is 35.8 Å². The maximum atomic E-state index is 12.8. The molecule has 1 aromatic heterocycles. The molecule has 0 saturated carbocycles. The van der Waals surface area contributed by atoms with E-state index in [2.05, 4.69) is 0 Å². The zero-order valence-electron chi connectivity index (χ0n) is 20.3. The van der Waals surface area contributed by atoms with Gasteiger partial charge < -0.3 is 23.4 Å². The van der Waals surface area contributed by atoms with E-state index < -0.39 is 5.97 Å². The van der Waals surface area contributed by atoms with Gasteiger partial charge in [-0.05, 0) is 68.8 Å². The normalized spacial score (nSPS) is 11.0. The first-order valence-electron chi connectivity index (χ1n) is 11.6. The number of aryl methyl sites for hydroxylation is 1. The summed E-state index contributed by atoms with van der Waals surface area (Å²) in [6, 6.07) is 17.3. The van der Waals surface area contributed by atoms with E-state index in [-0.39, 0.29) is 22.5 Å². The number of rotatable bonds is 9. The first-order valence-corrected chi connectivity index (χ1v) is 11.6. The van der Waals surface area contributed by atoms with Gasteiger partial charge in [-0.25, -0.2) is 4.79 Å². The molecule has 0 aliphatic carbocycles. The van der Waals surface area contributed by atoms with Crippen LogP contribution in [0, 0.1) is 6.92 Å². The molecule has 0 bridgehead atoms. The van der Waals surface area contributed by atoms with Crippen molar-refractivity contribution in [2.75, 3.05) is 13.2 Å². The van der Waals surface area contributed by atoms with Crippen molar-refractivity contribution in [3.8, 4) is 28.7 Å². The fourth-order valence-electron chi connectivity index (χ4n) is 3.44. The van der Waals surface area contributed by atoms with E-state index in [4.69, 9.17) is 23.4 Å². The van der Waals surface area contributed by atoms with Gasteiger partial charge in [0.05, 0.1) is 18.6 Å². The maximum absolute atomic E-state index is 12.8. The van der Waals surface area contributed by atoms with Crippen LogP contribution < -0.4 is 24.4 Å². The van der Waals surface area contributed by atoms with E-state index in [1.807, 2.05) is 39.0 Å². The molecule has 0 aliphatic heterocycles. The minimum absolute atomic E-state index is 0.0702. The van der Waals surface area contributed by atoms with Gasteiger partial charge >= 0.3 is 5.97 Å². The van der Waals surface area contributed by atoms with Crippen LogP contribution in [0.4, 0.5) is 0 Å². The standard InChI is InChI=1S/C29H26O7/c1-4-32-24-14-8-20(16-26(24)33-5-2)9-15-28(30)36-22-12-13-23-25(17-22)34-18-27(29(23)31)35-21-10-6-19(3)7-11-21/h6-18H,4-5H2,1-3H3/b15-9+. The van der Waals surface area contributed by atoms with E-state index in [0.717, 1.165) is 11.1 Å². The van der Waals surface area contributed by atoms with Crippen LogP contribution in [-0.2, 0) is 4.79 Å². The van der Waals surface area contributed by atoms with Crippen molar-refractivity contribution in [2.45, 2.75) is 20.8 Å². The minimum atomic E-state index is -0.581. The lowest BCUT2D eigenvalue weighted by Crippen LogP contribution is -2.06. The maximum Gasteiger partial charge on any atom is 0.336 e. The molecule has 0 radical (unpaired) electrons. The molecule has 0 spiro atoms. The number of carbonyl (C=O) groups excluding carboxylic acids is 1. The van der Waals surface area contributed by atoms with Crippen LogP contribution in [0.3, 0.4) is 0 Å². The number of hydrogen-bond donors (Lipinski definition) is 0. The second-order valence-electron chi connectivity index (χ2n) is 7.83. The van der Waals surface area contributed by atoms with Gasteiger partial charge in [0, 0.05) is 12.1 Å². The lowest BCUT2D eigenvalue weighted by molar-refractivity contribution is -0.128.